The molecule has 3 atom stereocenters. The highest BCUT2D eigenvalue weighted by Gasteiger charge is 2.48. The van der Waals surface area contributed by atoms with Crippen molar-refractivity contribution < 1.29 is 19.7 Å². The molecule has 0 amide bonds. The lowest BCUT2D eigenvalue weighted by atomic mass is 9.62. The van der Waals surface area contributed by atoms with E-state index in [0.717, 1.165) is 49.8 Å². The molecule has 0 saturated heterocycles. The topological polar surface area (TPSA) is 58.9 Å². The molecule has 4 heteroatoms. The van der Waals surface area contributed by atoms with Crippen molar-refractivity contribution in [3.63, 3.8) is 0 Å². The van der Waals surface area contributed by atoms with Gasteiger partial charge in [-0.3, -0.25) is 0 Å². The highest BCUT2D eigenvalue weighted by Crippen LogP contribution is 2.49. The second kappa shape index (κ2) is 13.4. The standard InChI is InChI=1S/C33H46O4/c1-27-16-11-13-23-33(27,32(4,34)35)24-14-12-21-30(37-26-28-17-7-5-8-18-28)31(2,3)22-15-25-36-29-19-9-6-10-20-29/h5-10,12,14,17-21,24,27,30,34-35H,11,13,15-16,22-23,25-26H2,1-4H3/b21-12+,24-14+/t27?,30-,33?/m1/s1. The average molecular weight is 507 g/mol. The van der Waals surface area contributed by atoms with Crippen LogP contribution in [-0.2, 0) is 11.3 Å². The predicted octanol–water partition coefficient (Wildman–Crippen LogP) is 7.47. The van der Waals surface area contributed by atoms with Crippen molar-refractivity contribution in [3.8, 4) is 5.75 Å². The van der Waals surface area contributed by atoms with Crippen LogP contribution in [0.3, 0.4) is 0 Å². The van der Waals surface area contributed by atoms with Crippen LogP contribution in [0.15, 0.2) is 85.0 Å². The minimum Gasteiger partial charge on any atom is -0.494 e. The molecule has 0 aromatic heterocycles. The van der Waals surface area contributed by atoms with Gasteiger partial charge in [-0.05, 0) is 61.6 Å². The molecule has 3 rings (SSSR count). The molecule has 0 radical (unpaired) electrons. The zero-order chi connectivity index (χ0) is 26.8. The van der Waals surface area contributed by atoms with Gasteiger partial charge in [-0.25, -0.2) is 0 Å². The molecule has 0 aliphatic heterocycles. The fourth-order valence-corrected chi connectivity index (χ4v) is 5.55. The summed E-state index contributed by atoms with van der Waals surface area (Å²) in [5.41, 5.74) is 0.392. The maximum Gasteiger partial charge on any atom is 0.169 e. The molecular weight excluding hydrogens is 460 g/mol. The summed E-state index contributed by atoms with van der Waals surface area (Å²) in [5.74, 6) is -0.650. The third-order valence-corrected chi connectivity index (χ3v) is 8.05. The summed E-state index contributed by atoms with van der Waals surface area (Å²) in [6, 6.07) is 20.2. The van der Waals surface area contributed by atoms with Crippen LogP contribution >= 0.6 is 0 Å². The fraction of sp³-hybridized carbons (Fsp3) is 0.515. The molecular formula is C33H46O4. The van der Waals surface area contributed by atoms with Gasteiger partial charge in [-0.1, -0.05) is 106 Å². The Morgan fingerprint density at radius 2 is 1.65 bits per heavy atom. The van der Waals surface area contributed by atoms with Gasteiger partial charge in [-0.2, -0.15) is 0 Å². The van der Waals surface area contributed by atoms with Crippen molar-refractivity contribution in [1.82, 2.24) is 0 Å². The molecule has 1 aliphatic rings. The van der Waals surface area contributed by atoms with Gasteiger partial charge < -0.3 is 19.7 Å². The summed E-state index contributed by atoms with van der Waals surface area (Å²) in [6.45, 7) is 9.33. The van der Waals surface area contributed by atoms with E-state index in [-0.39, 0.29) is 17.4 Å². The number of ether oxygens (including phenoxy) is 2. The molecule has 202 valence electrons. The van der Waals surface area contributed by atoms with Crippen LogP contribution in [-0.4, -0.2) is 28.7 Å². The lowest BCUT2D eigenvalue weighted by molar-refractivity contribution is -0.235. The van der Waals surface area contributed by atoms with Crippen LogP contribution in [0.5, 0.6) is 5.75 Å². The molecule has 4 nitrogen and oxygen atoms in total. The van der Waals surface area contributed by atoms with Gasteiger partial charge in [0.05, 0.1) is 19.3 Å². The van der Waals surface area contributed by atoms with E-state index in [4.69, 9.17) is 9.47 Å². The molecule has 2 N–H and O–H groups in total. The third-order valence-electron chi connectivity index (χ3n) is 8.05. The third kappa shape index (κ3) is 8.29. The Balaban J connectivity index is 1.69. The first-order valence-electron chi connectivity index (χ1n) is 13.8. The zero-order valence-electron chi connectivity index (χ0n) is 23.1. The smallest absolute Gasteiger partial charge is 0.169 e. The minimum absolute atomic E-state index is 0.108. The number of hydrogen-bond donors (Lipinski definition) is 2. The summed E-state index contributed by atoms with van der Waals surface area (Å²) in [4.78, 5) is 0. The normalized spacial score (nSPS) is 21.9. The second-order valence-corrected chi connectivity index (χ2v) is 11.4. The Labute approximate surface area is 224 Å². The number of rotatable bonds is 13. The highest BCUT2D eigenvalue weighted by atomic mass is 16.5. The van der Waals surface area contributed by atoms with Crippen LogP contribution in [0.25, 0.3) is 0 Å². The van der Waals surface area contributed by atoms with E-state index in [1.807, 2.05) is 66.8 Å². The lowest BCUT2D eigenvalue weighted by Crippen LogP contribution is -2.50. The van der Waals surface area contributed by atoms with Gasteiger partial charge in [0, 0.05) is 5.41 Å². The summed E-state index contributed by atoms with van der Waals surface area (Å²) < 4.78 is 12.4. The number of aliphatic hydroxyl groups is 2. The Morgan fingerprint density at radius 3 is 2.30 bits per heavy atom. The van der Waals surface area contributed by atoms with Crippen molar-refractivity contribution in [2.45, 2.75) is 84.7 Å². The van der Waals surface area contributed by atoms with Gasteiger partial charge in [0.15, 0.2) is 5.79 Å². The Kier molecular flexibility index (Phi) is 10.6. The van der Waals surface area contributed by atoms with E-state index in [1.165, 1.54) is 6.92 Å². The van der Waals surface area contributed by atoms with Crippen molar-refractivity contribution in [1.29, 1.82) is 0 Å². The molecule has 37 heavy (non-hydrogen) atoms. The Hall–Kier alpha value is -2.40. The molecule has 2 aromatic carbocycles. The quantitative estimate of drug-likeness (QED) is 0.168. The molecule has 1 saturated carbocycles. The maximum absolute atomic E-state index is 10.7. The number of hydrogen-bond acceptors (Lipinski definition) is 4. The zero-order valence-corrected chi connectivity index (χ0v) is 23.1. The number of para-hydroxylation sites is 1. The average Bonchev–Trinajstić information content (AvgIpc) is 2.87. The van der Waals surface area contributed by atoms with E-state index < -0.39 is 11.2 Å². The lowest BCUT2D eigenvalue weighted by Gasteiger charge is -2.47. The van der Waals surface area contributed by atoms with Crippen molar-refractivity contribution >= 4 is 0 Å². The van der Waals surface area contributed by atoms with Gasteiger partial charge in [0.1, 0.15) is 5.75 Å². The SMILES string of the molecule is CC1CCCCC1(/C=C/C=C/[C@@H](OCc1ccccc1)C(C)(C)CCCOc1ccccc1)C(C)(O)O. The first kappa shape index (κ1) is 29.2. The number of allylic oxidation sites excluding steroid dienone is 2. The van der Waals surface area contributed by atoms with Crippen molar-refractivity contribution in [2.24, 2.45) is 16.7 Å². The van der Waals surface area contributed by atoms with Gasteiger partial charge >= 0.3 is 0 Å². The Morgan fingerprint density at radius 1 is 0.973 bits per heavy atom. The summed E-state index contributed by atoms with van der Waals surface area (Å²) in [7, 11) is 0. The van der Waals surface area contributed by atoms with E-state index in [2.05, 4.69) is 39.0 Å². The molecule has 1 aliphatic carbocycles. The van der Waals surface area contributed by atoms with Crippen LogP contribution < -0.4 is 4.74 Å². The summed E-state index contributed by atoms with van der Waals surface area (Å²) in [5, 5.41) is 21.3. The highest BCUT2D eigenvalue weighted by molar-refractivity contribution is 5.21. The second-order valence-electron chi connectivity index (χ2n) is 11.4. The molecule has 0 heterocycles. The molecule has 0 spiro atoms. The first-order chi connectivity index (χ1) is 17.6. The largest absolute Gasteiger partial charge is 0.494 e. The van der Waals surface area contributed by atoms with E-state index in [1.54, 1.807) is 0 Å². The minimum atomic E-state index is -1.75. The van der Waals surface area contributed by atoms with Crippen molar-refractivity contribution in [3.05, 3.63) is 90.5 Å². The molecule has 2 aromatic rings. The number of benzene rings is 2. The van der Waals surface area contributed by atoms with Crippen LogP contribution in [0.1, 0.15) is 71.8 Å². The Bertz CT molecular complexity index is 974. The maximum atomic E-state index is 10.7. The van der Waals surface area contributed by atoms with Crippen LogP contribution in [0, 0.1) is 16.7 Å². The van der Waals surface area contributed by atoms with Gasteiger partial charge in [0.2, 0.25) is 0 Å². The van der Waals surface area contributed by atoms with Crippen molar-refractivity contribution in [2.75, 3.05) is 6.61 Å². The van der Waals surface area contributed by atoms with E-state index in [9.17, 15) is 10.2 Å². The van der Waals surface area contributed by atoms with Crippen LogP contribution in [0.4, 0.5) is 0 Å². The predicted molar refractivity (Wildman–Crippen MR) is 151 cm³/mol. The molecule has 2 unspecified atom stereocenters. The fourth-order valence-electron chi connectivity index (χ4n) is 5.55. The van der Waals surface area contributed by atoms with Gasteiger partial charge in [-0.15, -0.1) is 0 Å². The summed E-state index contributed by atoms with van der Waals surface area (Å²) >= 11 is 0. The van der Waals surface area contributed by atoms with Gasteiger partial charge in [0.25, 0.3) is 0 Å². The molecule has 0 bridgehead atoms. The monoisotopic (exact) mass is 506 g/mol. The van der Waals surface area contributed by atoms with E-state index >= 15 is 0 Å². The van der Waals surface area contributed by atoms with E-state index in [0.29, 0.717) is 13.2 Å². The first-order valence-corrected chi connectivity index (χ1v) is 13.8. The van der Waals surface area contributed by atoms with Crippen LogP contribution in [0.2, 0.25) is 0 Å². The summed E-state index contributed by atoms with van der Waals surface area (Å²) in [6.07, 6.45) is 13.8. The molecule has 1 fully saturated rings.